The van der Waals surface area contributed by atoms with Crippen LogP contribution in [0.15, 0.2) is 24.3 Å². The van der Waals surface area contributed by atoms with Crippen LogP contribution in [0.3, 0.4) is 0 Å². The predicted octanol–water partition coefficient (Wildman–Crippen LogP) is 12.4. The average Bonchev–Trinajstić information content (AvgIpc) is 3.08. The molecule has 2 N–H and O–H groups in total. The van der Waals surface area contributed by atoms with Gasteiger partial charge in [0.05, 0.1) is 6.61 Å². The number of carbonyl (C=O) groups is 2. The van der Waals surface area contributed by atoms with Crippen molar-refractivity contribution in [2.75, 3.05) is 13.2 Å². The van der Waals surface area contributed by atoms with Gasteiger partial charge in [-0.1, -0.05) is 179 Å². The quantitative estimate of drug-likeness (QED) is 0.0279. The molecule has 0 spiro atoms. The molecule has 0 heterocycles. The van der Waals surface area contributed by atoms with Crippen LogP contribution < -0.4 is 0 Å². The molecule has 50 heavy (non-hydrogen) atoms. The third-order valence-corrected chi connectivity index (χ3v) is 9.46. The second-order valence-electron chi connectivity index (χ2n) is 14.0. The minimum Gasteiger partial charge on any atom is -0.462 e. The molecule has 0 radical (unpaired) electrons. The van der Waals surface area contributed by atoms with Gasteiger partial charge in [-0.15, -0.1) is 0 Å². The summed E-state index contributed by atoms with van der Waals surface area (Å²) in [5.41, 5.74) is 0. The number of unbranched alkanes of at least 4 members (excludes halogenated alkanes) is 24. The molecular formula is C41H77O8P. The summed E-state index contributed by atoms with van der Waals surface area (Å²) in [7, 11) is -4.75. The summed E-state index contributed by atoms with van der Waals surface area (Å²) < 4.78 is 26.4. The first-order chi connectivity index (χ1) is 24.3. The first kappa shape index (κ1) is 48.5. The smallest absolute Gasteiger partial charge is 0.462 e. The highest BCUT2D eigenvalue weighted by atomic mass is 31.2. The Bertz CT molecular complexity index is 869. The Morgan fingerprint density at radius 1 is 0.520 bits per heavy atom. The standard InChI is InChI=1S/C41H77O8P/c1-3-5-7-9-11-13-15-17-19-20-21-22-24-26-28-30-32-34-36-41(43)49-39(38-48-50(44,45)46)37-47-40(42)35-33-31-29-27-25-23-18-16-14-12-10-8-6-4-2/h10,12,16,18,39H,3-9,11,13-15,17,19-38H2,1-2H3,(H2,44,45,46)/b12-10+,18-16+/t39-/m1/s1. The van der Waals surface area contributed by atoms with Gasteiger partial charge in [0.25, 0.3) is 0 Å². The van der Waals surface area contributed by atoms with E-state index in [9.17, 15) is 14.2 Å². The van der Waals surface area contributed by atoms with E-state index < -0.39 is 32.5 Å². The monoisotopic (exact) mass is 729 g/mol. The molecule has 0 bridgehead atoms. The number of ether oxygens (including phenoxy) is 2. The van der Waals surface area contributed by atoms with Gasteiger partial charge in [-0.3, -0.25) is 14.1 Å². The summed E-state index contributed by atoms with van der Waals surface area (Å²) in [6.45, 7) is 3.65. The Morgan fingerprint density at radius 2 is 0.920 bits per heavy atom. The Kier molecular flexibility index (Phi) is 36.2. The highest BCUT2D eigenvalue weighted by molar-refractivity contribution is 7.46. The molecule has 0 aliphatic rings. The summed E-state index contributed by atoms with van der Waals surface area (Å²) in [6.07, 6.45) is 41.8. The van der Waals surface area contributed by atoms with Gasteiger partial charge in [-0.05, 0) is 38.5 Å². The number of hydrogen-bond acceptors (Lipinski definition) is 6. The molecule has 1 atom stereocenters. The van der Waals surface area contributed by atoms with Gasteiger partial charge in [0.1, 0.15) is 6.61 Å². The van der Waals surface area contributed by atoms with Crippen LogP contribution in [-0.4, -0.2) is 41.0 Å². The van der Waals surface area contributed by atoms with Crippen LogP contribution in [0.2, 0.25) is 0 Å². The van der Waals surface area contributed by atoms with Crippen molar-refractivity contribution in [1.82, 2.24) is 0 Å². The normalized spacial score (nSPS) is 12.6. The number of phosphoric acid groups is 1. The molecule has 0 aliphatic heterocycles. The van der Waals surface area contributed by atoms with Crippen LogP contribution in [0.25, 0.3) is 0 Å². The van der Waals surface area contributed by atoms with E-state index in [2.05, 4.69) is 42.7 Å². The van der Waals surface area contributed by atoms with E-state index in [0.717, 1.165) is 64.2 Å². The fourth-order valence-electron chi connectivity index (χ4n) is 5.86. The molecule has 0 aliphatic carbocycles. The van der Waals surface area contributed by atoms with Gasteiger partial charge < -0.3 is 19.3 Å². The number of rotatable bonds is 38. The fourth-order valence-corrected chi connectivity index (χ4v) is 6.22. The number of hydrogen-bond donors (Lipinski definition) is 2. The third kappa shape index (κ3) is 39.3. The lowest BCUT2D eigenvalue weighted by Gasteiger charge is -2.18. The largest absolute Gasteiger partial charge is 0.469 e. The first-order valence-electron chi connectivity index (χ1n) is 20.6. The van der Waals surface area contributed by atoms with E-state index in [1.807, 2.05) is 0 Å². The highest BCUT2D eigenvalue weighted by Gasteiger charge is 2.22. The summed E-state index contributed by atoms with van der Waals surface area (Å²) >= 11 is 0. The summed E-state index contributed by atoms with van der Waals surface area (Å²) in [6, 6.07) is 0. The maximum absolute atomic E-state index is 12.4. The van der Waals surface area contributed by atoms with Gasteiger partial charge in [0.15, 0.2) is 6.10 Å². The SMILES string of the molecule is CCCC/C=C/C/C=C/CCCCCCCC(=O)OC[C@H](COP(=O)(O)O)OC(=O)CCCCCCCCCCCCCCCCCCCC. The number of phosphoric ester groups is 1. The molecule has 0 saturated heterocycles. The zero-order valence-electron chi connectivity index (χ0n) is 32.3. The lowest BCUT2D eigenvalue weighted by Crippen LogP contribution is -2.29. The van der Waals surface area contributed by atoms with Crippen molar-refractivity contribution in [2.45, 2.75) is 213 Å². The molecule has 9 heteroatoms. The van der Waals surface area contributed by atoms with Crippen molar-refractivity contribution in [3.05, 3.63) is 24.3 Å². The van der Waals surface area contributed by atoms with Gasteiger partial charge in [-0.2, -0.15) is 0 Å². The first-order valence-corrected chi connectivity index (χ1v) is 22.2. The zero-order chi connectivity index (χ0) is 36.8. The van der Waals surface area contributed by atoms with Gasteiger partial charge >= 0.3 is 19.8 Å². The lowest BCUT2D eigenvalue weighted by molar-refractivity contribution is -0.161. The van der Waals surface area contributed by atoms with Crippen LogP contribution in [0.4, 0.5) is 0 Å². The molecule has 0 rings (SSSR count). The van der Waals surface area contributed by atoms with E-state index in [4.69, 9.17) is 19.3 Å². The summed E-state index contributed by atoms with van der Waals surface area (Å²) in [5, 5.41) is 0. The van der Waals surface area contributed by atoms with Crippen molar-refractivity contribution in [3.63, 3.8) is 0 Å². The highest BCUT2D eigenvalue weighted by Crippen LogP contribution is 2.36. The molecule has 0 aromatic carbocycles. The van der Waals surface area contributed by atoms with E-state index in [1.54, 1.807) is 0 Å². The zero-order valence-corrected chi connectivity index (χ0v) is 33.2. The van der Waals surface area contributed by atoms with Crippen LogP contribution in [0.5, 0.6) is 0 Å². The van der Waals surface area contributed by atoms with E-state index >= 15 is 0 Å². The minimum absolute atomic E-state index is 0.213. The molecule has 0 aromatic rings. The second-order valence-corrected chi connectivity index (χ2v) is 15.2. The second kappa shape index (κ2) is 37.3. The fraction of sp³-hybridized carbons (Fsp3) is 0.854. The Labute approximate surface area is 307 Å². The molecule has 0 amide bonds. The Morgan fingerprint density at radius 3 is 1.38 bits per heavy atom. The molecule has 0 unspecified atom stereocenters. The Balaban J connectivity index is 3.90. The van der Waals surface area contributed by atoms with E-state index in [1.165, 1.54) is 103 Å². The van der Waals surface area contributed by atoms with Crippen molar-refractivity contribution in [2.24, 2.45) is 0 Å². The van der Waals surface area contributed by atoms with Crippen LogP contribution in [0, 0.1) is 0 Å². The maximum atomic E-state index is 12.4. The van der Waals surface area contributed by atoms with Crippen molar-refractivity contribution in [1.29, 1.82) is 0 Å². The molecular weight excluding hydrogens is 651 g/mol. The molecule has 0 saturated carbocycles. The molecule has 0 fully saturated rings. The number of allylic oxidation sites excluding steroid dienone is 4. The maximum Gasteiger partial charge on any atom is 0.469 e. The topological polar surface area (TPSA) is 119 Å². The number of esters is 2. The Hall–Kier alpha value is -1.47. The van der Waals surface area contributed by atoms with Crippen molar-refractivity contribution < 1.29 is 37.9 Å². The third-order valence-electron chi connectivity index (χ3n) is 8.97. The van der Waals surface area contributed by atoms with Crippen molar-refractivity contribution >= 4 is 19.8 Å². The summed E-state index contributed by atoms with van der Waals surface area (Å²) in [4.78, 5) is 42.8. The van der Waals surface area contributed by atoms with Gasteiger partial charge in [-0.25, -0.2) is 4.57 Å². The van der Waals surface area contributed by atoms with Crippen LogP contribution in [0.1, 0.15) is 206 Å². The van der Waals surface area contributed by atoms with Crippen LogP contribution >= 0.6 is 7.82 Å². The van der Waals surface area contributed by atoms with Crippen LogP contribution in [-0.2, 0) is 28.2 Å². The molecule has 8 nitrogen and oxygen atoms in total. The van der Waals surface area contributed by atoms with Gasteiger partial charge in [0, 0.05) is 12.8 Å². The lowest BCUT2D eigenvalue weighted by atomic mass is 10.0. The molecule has 294 valence electrons. The predicted molar refractivity (Wildman–Crippen MR) is 207 cm³/mol. The minimum atomic E-state index is -4.75. The number of carbonyl (C=O) groups excluding carboxylic acids is 2. The van der Waals surface area contributed by atoms with Gasteiger partial charge in [0.2, 0.25) is 0 Å². The van der Waals surface area contributed by atoms with Crippen molar-refractivity contribution in [3.8, 4) is 0 Å². The average molecular weight is 729 g/mol. The summed E-state index contributed by atoms with van der Waals surface area (Å²) in [5.74, 6) is -0.893. The van der Waals surface area contributed by atoms with E-state index in [0.29, 0.717) is 12.8 Å². The molecule has 0 aromatic heterocycles. The van der Waals surface area contributed by atoms with E-state index in [-0.39, 0.29) is 19.4 Å².